The summed E-state index contributed by atoms with van der Waals surface area (Å²) < 4.78 is 0. The van der Waals surface area contributed by atoms with Crippen molar-refractivity contribution >= 4 is 11.9 Å². The van der Waals surface area contributed by atoms with Gasteiger partial charge in [0, 0.05) is 0 Å². The maximum atomic E-state index is 11.0. The second-order valence-electron chi connectivity index (χ2n) is 4.51. The van der Waals surface area contributed by atoms with Crippen molar-refractivity contribution in [1.29, 1.82) is 0 Å². The van der Waals surface area contributed by atoms with Crippen LogP contribution in [0.3, 0.4) is 0 Å². The van der Waals surface area contributed by atoms with Gasteiger partial charge in [-0.2, -0.15) is 0 Å². The first-order valence-corrected chi connectivity index (χ1v) is 5.82. The Morgan fingerprint density at radius 3 is 1.72 bits per heavy atom. The van der Waals surface area contributed by atoms with E-state index < -0.39 is 23.3 Å². The Labute approximate surface area is 195 Å². The van der Waals surface area contributed by atoms with Crippen molar-refractivity contribution in [2.45, 2.75) is 52.9 Å². The summed E-state index contributed by atoms with van der Waals surface area (Å²) >= 11 is 0. The number of aliphatic carboxylic acids is 2. The average Bonchev–Trinajstić information content (AvgIpc) is 2.16. The SMILES string of the molecule is CCCCCCC(C(=O)[O-])(C(=O)[O-])C(C)C.[K+].[K+]. The van der Waals surface area contributed by atoms with Crippen LogP contribution in [0, 0.1) is 11.3 Å². The average molecular weight is 306 g/mol. The Morgan fingerprint density at radius 2 is 1.44 bits per heavy atom. The second kappa shape index (κ2) is 12.9. The zero-order valence-electron chi connectivity index (χ0n) is 12.2. The van der Waals surface area contributed by atoms with E-state index in [1.54, 1.807) is 13.8 Å². The molecule has 0 aromatic rings. The summed E-state index contributed by atoms with van der Waals surface area (Å²) in [4.78, 5) is 22.1. The first kappa shape index (κ1) is 25.2. The van der Waals surface area contributed by atoms with Crippen LogP contribution in [0.5, 0.6) is 0 Å². The van der Waals surface area contributed by atoms with Gasteiger partial charge in [0.05, 0.1) is 17.4 Å². The van der Waals surface area contributed by atoms with Gasteiger partial charge in [-0.15, -0.1) is 0 Å². The van der Waals surface area contributed by atoms with Crippen LogP contribution in [0.15, 0.2) is 0 Å². The molecule has 0 spiro atoms. The van der Waals surface area contributed by atoms with Crippen LogP contribution in [0.4, 0.5) is 0 Å². The fraction of sp³-hybridized carbons (Fsp3) is 0.833. The van der Waals surface area contributed by atoms with Gasteiger partial charge in [0.25, 0.3) is 0 Å². The van der Waals surface area contributed by atoms with E-state index >= 15 is 0 Å². The minimum absolute atomic E-state index is 0. The summed E-state index contributed by atoms with van der Waals surface area (Å²) in [5.41, 5.74) is -1.84. The zero-order chi connectivity index (χ0) is 12.8. The molecule has 0 aliphatic carbocycles. The molecule has 0 N–H and O–H groups in total. The zero-order valence-corrected chi connectivity index (χ0v) is 18.5. The third kappa shape index (κ3) is 7.29. The standard InChI is InChI=1S/C12H22O4.2K/c1-4-5-6-7-8-12(9(2)3,10(13)14)11(15)16;;/h9H,4-8H2,1-3H3,(H,13,14)(H,15,16);;/q;2*+1/p-2. The summed E-state index contributed by atoms with van der Waals surface area (Å²) in [5.74, 6) is -3.58. The van der Waals surface area contributed by atoms with Gasteiger partial charge in [-0.1, -0.05) is 46.5 Å². The van der Waals surface area contributed by atoms with Gasteiger partial charge in [0.1, 0.15) is 0 Å². The van der Waals surface area contributed by atoms with Gasteiger partial charge < -0.3 is 19.8 Å². The van der Waals surface area contributed by atoms with Gasteiger partial charge >= 0.3 is 103 Å². The topological polar surface area (TPSA) is 80.3 Å². The molecule has 0 saturated carbocycles. The maximum Gasteiger partial charge on any atom is 1.00 e. The molecule has 0 atom stereocenters. The van der Waals surface area contributed by atoms with E-state index in [1.165, 1.54) is 0 Å². The van der Waals surface area contributed by atoms with E-state index in [9.17, 15) is 19.8 Å². The molecule has 0 bridgehead atoms. The van der Waals surface area contributed by atoms with Crippen molar-refractivity contribution in [2.24, 2.45) is 11.3 Å². The smallest absolute Gasteiger partial charge is 0.549 e. The normalized spacial score (nSPS) is 10.4. The third-order valence-electron chi connectivity index (χ3n) is 3.14. The Morgan fingerprint density at radius 1 is 1.00 bits per heavy atom. The fourth-order valence-electron chi connectivity index (χ4n) is 1.88. The molecule has 0 rings (SSSR count). The second-order valence-corrected chi connectivity index (χ2v) is 4.51. The van der Waals surface area contributed by atoms with E-state index in [2.05, 4.69) is 0 Å². The Balaban J connectivity index is -0.00000112. The molecule has 18 heavy (non-hydrogen) atoms. The predicted octanol–water partition coefficient (Wildman–Crippen LogP) is -5.89. The van der Waals surface area contributed by atoms with Gasteiger partial charge in [0.2, 0.25) is 0 Å². The first-order valence-electron chi connectivity index (χ1n) is 5.82. The van der Waals surface area contributed by atoms with Crippen LogP contribution in [-0.4, -0.2) is 11.9 Å². The van der Waals surface area contributed by atoms with E-state index in [0.29, 0.717) is 6.42 Å². The number of carboxylic acid groups (broad SMARTS) is 2. The Kier molecular flexibility index (Phi) is 18.1. The van der Waals surface area contributed by atoms with Gasteiger partial charge in [0.15, 0.2) is 0 Å². The summed E-state index contributed by atoms with van der Waals surface area (Å²) in [6.45, 7) is 5.18. The summed E-state index contributed by atoms with van der Waals surface area (Å²) in [7, 11) is 0. The predicted molar refractivity (Wildman–Crippen MR) is 56.0 cm³/mol. The molecule has 0 amide bonds. The molecule has 0 radical (unpaired) electrons. The molecule has 0 aromatic heterocycles. The number of carbonyl (C=O) groups is 2. The Bertz CT molecular complexity index is 240. The minimum atomic E-state index is -1.84. The molecule has 0 aliphatic heterocycles. The summed E-state index contributed by atoms with van der Waals surface area (Å²) in [6.07, 6.45) is 3.51. The first-order chi connectivity index (χ1) is 7.39. The molecule has 6 heteroatoms. The number of rotatable bonds is 8. The molecule has 0 saturated heterocycles. The largest absolute Gasteiger partial charge is 1.00 e. The van der Waals surface area contributed by atoms with Crippen LogP contribution in [-0.2, 0) is 9.59 Å². The summed E-state index contributed by atoms with van der Waals surface area (Å²) in [5, 5.41) is 22.1. The van der Waals surface area contributed by atoms with Gasteiger partial charge in [-0.25, -0.2) is 0 Å². The molecule has 0 heterocycles. The van der Waals surface area contributed by atoms with E-state index in [1.807, 2.05) is 6.92 Å². The number of hydrogen-bond donors (Lipinski definition) is 0. The maximum absolute atomic E-state index is 11.0. The quantitative estimate of drug-likeness (QED) is 0.254. The molecule has 0 aromatic carbocycles. The monoisotopic (exact) mass is 306 g/mol. The number of carbonyl (C=O) groups excluding carboxylic acids is 2. The molecule has 0 fully saturated rings. The van der Waals surface area contributed by atoms with Gasteiger partial charge in [-0.05, 0) is 12.3 Å². The van der Waals surface area contributed by atoms with Crippen LogP contribution >= 0.6 is 0 Å². The van der Waals surface area contributed by atoms with Crippen molar-refractivity contribution < 1.29 is 123 Å². The number of hydrogen-bond acceptors (Lipinski definition) is 4. The minimum Gasteiger partial charge on any atom is -0.549 e. The van der Waals surface area contributed by atoms with Crippen molar-refractivity contribution in [3.63, 3.8) is 0 Å². The molecule has 4 nitrogen and oxygen atoms in total. The molecular formula is C12H20K2O4. The molecule has 94 valence electrons. The van der Waals surface area contributed by atoms with Crippen LogP contribution in [0.2, 0.25) is 0 Å². The van der Waals surface area contributed by atoms with E-state index in [0.717, 1.165) is 19.3 Å². The number of carboxylic acids is 2. The van der Waals surface area contributed by atoms with E-state index in [4.69, 9.17) is 0 Å². The van der Waals surface area contributed by atoms with E-state index in [-0.39, 0.29) is 109 Å². The van der Waals surface area contributed by atoms with Crippen LogP contribution < -0.4 is 113 Å². The molecule has 0 aliphatic rings. The number of unbranched alkanes of at least 4 members (excludes halogenated alkanes) is 3. The van der Waals surface area contributed by atoms with Crippen LogP contribution in [0.1, 0.15) is 52.9 Å². The van der Waals surface area contributed by atoms with Crippen molar-refractivity contribution in [1.82, 2.24) is 0 Å². The molecular weight excluding hydrogens is 286 g/mol. The fourth-order valence-corrected chi connectivity index (χ4v) is 1.88. The summed E-state index contributed by atoms with van der Waals surface area (Å²) in [6, 6.07) is 0. The van der Waals surface area contributed by atoms with Crippen molar-refractivity contribution in [3.8, 4) is 0 Å². The third-order valence-corrected chi connectivity index (χ3v) is 3.14. The van der Waals surface area contributed by atoms with Crippen molar-refractivity contribution in [2.75, 3.05) is 0 Å². The van der Waals surface area contributed by atoms with Crippen molar-refractivity contribution in [3.05, 3.63) is 0 Å². The molecule has 0 unspecified atom stereocenters. The van der Waals surface area contributed by atoms with Gasteiger partial charge in [-0.3, -0.25) is 0 Å². The van der Waals surface area contributed by atoms with Crippen LogP contribution in [0.25, 0.3) is 0 Å². The Hall–Kier alpha value is 2.21.